The van der Waals surface area contributed by atoms with E-state index < -0.39 is 10.0 Å². The van der Waals surface area contributed by atoms with E-state index in [2.05, 4.69) is 14.9 Å². The number of sulfonamides is 1. The summed E-state index contributed by atoms with van der Waals surface area (Å²) in [4.78, 5) is 0.235. The topological polar surface area (TPSA) is 90.4 Å². The molecule has 0 amide bonds. The van der Waals surface area contributed by atoms with Crippen LogP contribution in [0.15, 0.2) is 65.6 Å². The van der Waals surface area contributed by atoms with Crippen LogP contribution in [-0.4, -0.2) is 38.4 Å². The highest BCUT2D eigenvalue weighted by Crippen LogP contribution is 2.21. The summed E-state index contributed by atoms with van der Waals surface area (Å²) in [5, 5.41) is 8.21. The van der Waals surface area contributed by atoms with Crippen molar-refractivity contribution in [3.63, 3.8) is 0 Å². The molecule has 0 bridgehead atoms. The minimum Gasteiger partial charge on any atom is -0.494 e. The van der Waals surface area contributed by atoms with Crippen LogP contribution in [0.5, 0.6) is 11.6 Å². The molecule has 0 aliphatic heterocycles. The smallest absolute Gasteiger partial charge is 0.240 e. The molecule has 0 saturated heterocycles. The first-order chi connectivity index (χ1) is 14.5. The molecule has 0 spiro atoms. The van der Waals surface area contributed by atoms with Crippen LogP contribution >= 0.6 is 0 Å². The van der Waals surface area contributed by atoms with Crippen molar-refractivity contribution in [2.24, 2.45) is 0 Å². The Hall–Kier alpha value is -2.97. The molecule has 0 atom stereocenters. The van der Waals surface area contributed by atoms with Gasteiger partial charge in [0.2, 0.25) is 15.9 Å². The summed E-state index contributed by atoms with van der Waals surface area (Å²) in [5.74, 6) is 1.13. The molecule has 8 heteroatoms. The van der Waals surface area contributed by atoms with Crippen LogP contribution in [0.3, 0.4) is 0 Å². The number of aromatic nitrogens is 2. The largest absolute Gasteiger partial charge is 0.494 e. The van der Waals surface area contributed by atoms with E-state index in [0.717, 1.165) is 23.3 Å². The Bertz CT molecular complexity index is 1040. The molecule has 1 N–H and O–H groups in total. The van der Waals surface area contributed by atoms with Gasteiger partial charge >= 0.3 is 0 Å². The summed E-state index contributed by atoms with van der Waals surface area (Å²) in [6.07, 6.45) is 0.861. The third-order valence-electron chi connectivity index (χ3n) is 4.39. The van der Waals surface area contributed by atoms with Crippen molar-refractivity contribution in [2.75, 3.05) is 19.8 Å². The van der Waals surface area contributed by atoms with Gasteiger partial charge in [-0.2, -0.15) is 0 Å². The van der Waals surface area contributed by atoms with E-state index in [1.807, 2.05) is 50.2 Å². The van der Waals surface area contributed by atoms with E-state index in [9.17, 15) is 8.42 Å². The summed E-state index contributed by atoms with van der Waals surface area (Å²) in [6, 6.07) is 17.9. The molecule has 7 nitrogen and oxygen atoms in total. The third kappa shape index (κ3) is 5.77. The second-order valence-electron chi connectivity index (χ2n) is 6.46. The first kappa shape index (κ1) is 21.7. The molecule has 30 heavy (non-hydrogen) atoms. The van der Waals surface area contributed by atoms with Gasteiger partial charge in [-0.3, -0.25) is 0 Å². The molecule has 0 saturated carbocycles. The van der Waals surface area contributed by atoms with Crippen molar-refractivity contribution in [2.45, 2.75) is 25.2 Å². The Morgan fingerprint density at radius 3 is 2.20 bits per heavy atom. The fraction of sp³-hybridized carbons (Fsp3) is 0.273. The fourth-order valence-corrected chi connectivity index (χ4v) is 3.77. The van der Waals surface area contributed by atoms with Crippen LogP contribution in [0, 0.1) is 0 Å². The summed E-state index contributed by atoms with van der Waals surface area (Å²) in [7, 11) is -3.57. The predicted molar refractivity (Wildman–Crippen MR) is 115 cm³/mol. The van der Waals surface area contributed by atoms with E-state index in [4.69, 9.17) is 9.47 Å². The Labute approximate surface area is 177 Å². The average Bonchev–Trinajstić information content (AvgIpc) is 2.78. The lowest BCUT2D eigenvalue weighted by atomic mass is 10.1. The van der Waals surface area contributed by atoms with Crippen LogP contribution in [0.4, 0.5) is 0 Å². The third-order valence-corrected chi connectivity index (χ3v) is 5.86. The maximum atomic E-state index is 12.3. The highest BCUT2D eigenvalue weighted by atomic mass is 32.2. The molecule has 0 aliphatic carbocycles. The maximum absolute atomic E-state index is 12.3. The maximum Gasteiger partial charge on any atom is 0.240 e. The van der Waals surface area contributed by atoms with E-state index in [1.165, 1.54) is 0 Å². The van der Waals surface area contributed by atoms with Gasteiger partial charge < -0.3 is 9.47 Å². The lowest BCUT2D eigenvalue weighted by Crippen LogP contribution is -2.28. The molecule has 0 aliphatic rings. The van der Waals surface area contributed by atoms with Gasteiger partial charge in [0.05, 0.1) is 17.2 Å². The molecule has 1 heterocycles. The Kier molecular flexibility index (Phi) is 7.37. The van der Waals surface area contributed by atoms with Gasteiger partial charge in [0.25, 0.3) is 0 Å². The van der Waals surface area contributed by atoms with Crippen LogP contribution in [-0.2, 0) is 16.4 Å². The zero-order valence-electron chi connectivity index (χ0n) is 17.0. The Morgan fingerprint density at radius 1 is 0.867 bits per heavy atom. The van der Waals surface area contributed by atoms with Crippen molar-refractivity contribution >= 4 is 10.0 Å². The lowest BCUT2D eigenvalue weighted by molar-refractivity contribution is 0.307. The summed E-state index contributed by atoms with van der Waals surface area (Å²) in [6.45, 7) is 4.84. The number of hydrogen-bond donors (Lipinski definition) is 1. The molecule has 1 aromatic heterocycles. The Balaban J connectivity index is 1.50. The van der Waals surface area contributed by atoms with Gasteiger partial charge in [-0.25, -0.2) is 13.1 Å². The van der Waals surface area contributed by atoms with Gasteiger partial charge in [0, 0.05) is 18.2 Å². The average molecular weight is 428 g/mol. The molecule has 0 unspecified atom stereocenters. The number of hydrogen-bond acceptors (Lipinski definition) is 6. The molecular formula is C22H25N3O4S. The van der Waals surface area contributed by atoms with Crippen LogP contribution < -0.4 is 14.2 Å². The monoisotopic (exact) mass is 427 g/mol. The van der Waals surface area contributed by atoms with Gasteiger partial charge in [-0.1, -0.05) is 19.1 Å². The van der Waals surface area contributed by atoms with Gasteiger partial charge in [-0.05, 0) is 61.4 Å². The SMILES string of the molecule is CCOc1ccc(-c2ccc(OCCNS(=O)(=O)c3ccc(CC)cc3)nn2)cc1. The molecule has 158 valence electrons. The number of nitrogens with zero attached hydrogens (tertiary/aromatic N) is 2. The lowest BCUT2D eigenvalue weighted by Gasteiger charge is -2.09. The van der Waals surface area contributed by atoms with Crippen molar-refractivity contribution in [1.82, 2.24) is 14.9 Å². The first-order valence-corrected chi connectivity index (χ1v) is 11.3. The highest BCUT2D eigenvalue weighted by Gasteiger charge is 2.13. The highest BCUT2D eigenvalue weighted by molar-refractivity contribution is 7.89. The number of nitrogens with one attached hydrogen (secondary N) is 1. The minimum atomic E-state index is -3.57. The Morgan fingerprint density at radius 2 is 1.60 bits per heavy atom. The molecule has 3 aromatic rings. The minimum absolute atomic E-state index is 0.125. The van der Waals surface area contributed by atoms with E-state index >= 15 is 0 Å². The first-order valence-electron chi connectivity index (χ1n) is 9.80. The summed E-state index contributed by atoms with van der Waals surface area (Å²) < 4.78 is 38.1. The fourth-order valence-electron chi connectivity index (χ4n) is 2.76. The van der Waals surface area contributed by atoms with Gasteiger partial charge in [-0.15, -0.1) is 10.2 Å². The number of aryl methyl sites for hydroxylation is 1. The van der Waals surface area contributed by atoms with Crippen LogP contribution in [0.2, 0.25) is 0 Å². The van der Waals surface area contributed by atoms with E-state index in [-0.39, 0.29) is 18.0 Å². The molecule has 0 fully saturated rings. The number of benzene rings is 2. The van der Waals surface area contributed by atoms with E-state index in [1.54, 1.807) is 24.3 Å². The predicted octanol–water partition coefficient (Wildman–Crippen LogP) is 3.46. The summed E-state index contributed by atoms with van der Waals surface area (Å²) >= 11 is 0. The molecule has 0 radical (unpaired) electrons. The number of ether oxygens (including phenoxy) is 2. The van der Waals surface area contributed by atoms with Gasteiger partial charge in [0.1, 0.15) is 12.4 Å². The van der Waals surface area contributed by atoms with Crippen LogP contribution in [0.25, 0.3) is 11.3 Å². The standard InChI is InChI=1S/C22H25N3O4S/c1-3-17-5-11-20(12-6-17)30(26,27)23-15-16-29-22-14-13-21(24-25-22)18-7-9-19(10-8-18)28-4-2/h5-14,23H,3-4,15-16H2,1-2H3. The van der Waals surface area contributed by atoms with Crippen molar-refractivity contribution in [1.29, 1.82) is 0 Å². The number of rotatable bonds is 10. The molecule has 2 aromatic carbocycles. The molecule has 3 rings (SSSR count). The van der Waals surface area contributed by atoms with Crippen molar-refractivity contribution in [3.8, 4) is 22.9 Å². The van der Waals surface area contributed by atoms with Crippen molar-refractivity contribution < 1.29 is 17.9 Å². The zero-order chi connectivity index (χ0) is 21.4. The molecular weight excluding hydrogens is 402 g/mol. The quantitative estimate of drug-likeness (QED) is 0.498. The van der Waals surface area contributed by atoms with E-state index in [0.29, 0.717) is 18.2 Å². The zero-order valence-corrected chi connectivity index (χ0v) is 17.9. The van der Waals surface area contributed by atoms with Crippen molar-refractivity contribution in [3.05, 3.63) is 66.2 Å². The second kappa shape index (κ2) is 10.2. The summed E-state index contributed by atoms with van der Waals surface area (Å²) in [5.41, 5.74) is 2.71. The normalized spacial score (nSPS) is 11.3. The van der Waals surface area contributed by atoms with Crippen LogP contribution in [0.1, 0.15) is 19.4 Å². The second-order valence-corrected chi connectivity index (χ2v) is 8.22. The van der Waals surface area contributed by atoms with Gasteiger partial charge in [0.15, 0.2) is 0 Å².